The predicted octanol–water partition coefficient (Wildman–Crippen LogP) is 3.00. The summed E-state index contributed by atoms with van der Waals surface area (Å²) < 4.78 is 26.6. The van der Waals surface area contributed by atoms with Crippen molar-refractivity contribution in [1.29, 1.82) is 0 Å². The summed E-state index contributed by atoms with van der Waals surface area (Å²) in [4.78, 5) is 41.1. The van der Waals surface area contributed by atoms with Gasteiger partial charge < -0.3 is 10.2 Å². The molecule has 1 unspecified atom stereocenters. The van der Waals surface area contributed by atoms with Gasteiger partial charge in [0, 0.05) is 32.5 Å². The maximum absolute atomic E-state index is 13.6. The first-order chi connectivity index (χ1) is 17.8. The second-order valence-electron chi connectivity index (χ2n) is 8.74. The predicted molar refractivity (Wildman–Crippen MR) is 139 cm³/mol. The van der Waals surface area contributed by atoms with Crippen molar-refractivity contribution >= 4 is 27.7 Å². The van der Waals surface area contributed by atoms with E-state index in [4.69, 9.17) is 0 Å². The molecule has 1 N–H and O–H groups in total. The number of amides is 3. The van der Waals surface area contributed by atoms with Crippen LogP contribution in [0.15, 0.2) is 89.8 Å². The van der Waals surface area contributed by atoms with Crippen molar-refractivity contribution in [3.05, 3.63) is 102 Å². The van der Waals surface area contributed by atoms with Crippen molar-refractivity contribution < 1.29 is 22.8 Å². The topological polar surface area (TPSA) is 104 Å². The molecule has 3 aromatic rings. The highest BCUT2D eigenvalue weighted by atomic mass is 32.2. The molecule has 1 aliphatic heterocycles. The average molecular weight is 520 g/mol. The lowest BCUT2D eigenvalue weighted by Crippen LogP contribution is -2.51. The summed E-state index contributed by atoms with van der Waals surface area (Å²) in [5.41, 5.74) is 1.81. The highest BCUT2D eigenvalue weighted by molar-refractivity contribution is 7.90. The molecule has 3 aromatic carbocycles. The van der Waals surface area contributed by atoms with Gasteiger partial charge in [-0.3, -0.25) is 14.4 Å². The molecule has 0 aliphatic carbocycles. The Labute approximate surface area is 217 Å². The van der Waals surface area contributed by atoms with Gasteiger partial charge in [-0.05, 0) is 30.2 Å². The quantitative estimate of drug-likeness (QED) is 0.444. The molecule has 1 aliphatic rings. The number of fused-ring (bicyclic) bond motifs is 1. The molecular weight excluding hydrogens is 490 g/mol. The monoisotopic (exact) mass is 519 g/mol. The van der Waals surface area contributed by atoms with Gasteiger partial charge >= 0.3 is 0 Å². The van der Waals surface area contributed by atoms with E-state index in [1.807, 2.05) is 67.6 Å². The van der Waals surface area contributed by atoms with Gasteiger partial charge in [0.25, 0.3) is 15.9 Å². The third-order valence-electron chi connectivity index (χ3n) is 6.26. The fourth-order valence-electron chi connectivity index (χ4n) is 4.42. The first-order valence-corrected chi connectivity index (χ1v) is 13.6. The summed E-state index contributed by atoms with van der Waals surface area (Å²) >= 11 is 0. The molecular formula is C28H29N3O5S. The van der Waals surface area contributed by atoms with Crippen LogP contribution in [-0.2, 0) is 32.6 Å². The van der Waals surface area contributed by atoms with E-state index in [9.17, 15) is 22.8 Å². The lowest BCUT2D eigenvalue weighted by atomic mass is 10.0. The summed E-state index contributed by atoms with van der Waals surface area (Å²) in [6, 6.07) is 23.9. The van der Waals surface area contributed by atoms with Crippen molar-refractivity contribution in [3.8, 4) is 0 Å². The van der Waals surface area contributed by atoms with E-state index in [2.05, 4.69) is 5.32 Å². The van der Waals surface area contributed by atoms with Gasteiger partial charge in [-0.15, -0.1) is 0 Å². The number of nitrogens with one attached hydrogen (secondary N) is 1. The number of likely N-dealkylation sites (N-methyl/N-ethyl adjacent to an activating group) is 1. The van der Waals surface area contributed by atoms with Gasteiger partial charge in [0.2, 0.25) is 11.8 Å². The Morgan fingerprint density at radius 3 is 2.11 bits per heavy atom. The zero-order chi connectivity index (χ0) is 26.4. The Morgan fingerprint density at radius 1 is 0.892 bits per heavy atom. The first kappa shape index (κ1) is 26.1. The first-order valence-electron chi connectivity index (χ1n) is 12.1. The standard InChI is InChI=1S/C28H29N3O5S/c1-2-29-27(33)24(19-21-11-5-3-6-12-21)30(20-22-13-7-4-8-14-22)26(32)17-18-31-28(34)23-15-9-10-16-25(23)37(31,35)36/h3-16,24H,2,17-20H2,1H3,(H,29,33). The van der Waals surface area contributed by atoms with Crippen LogP contribution in [0.3, 0.4) is 0 Å². The van der Waals surface area contributed by atoms with E-state index in [0.717, 1.165) is 15.4 Å². The molecule has 37 heavy (non-hydrogen) atoms. The average Bonchev–Trinajstić information content (AvgIpc) is 3.10. The Hall–Kier alpha value is -3.98. The summed E-state index contributed by atoms with van der Waals surface area (Å²) in [6.45, 7) is 2.06. The molecule has 4 rings (SSSR count). The van der Waals surface area contributed by atoms with Gasteiger partial charge in [0.1, 0.15) is 10.9 Å². The zero-order valence-electron chi connectivity index (χ0n) is 20.5. The van der Waals surface area contributed by atoms with E-state index < -0.39 is 27.9 Å². The molecule has 8 nitrogen and oxygen atoms in total. The van der Waals surface area contributed by atoms with Crippen LogP contribution < -0.4 is 5.32 Å². The van der Waals surface area contributed by atoms with Gasteiger partial charge in [0.05, 0.1) is 5.56 Å². The number of sulfonamides is 1. The van der Waals surface area contributed by atoms with Crippen molar-refractivity contribution in [2.24, 2.45) is 0 Å². The van der Waals surface area contributed by atoms with Crippen LogP contribution in [0, 0.1) is 0 Å². The van der Waals surface area contributed by atoms with Gasteiger partial charge in [0.15, 0.2) is 0 Å². The SMILES string of the molecule is CCNC(=O)C(Cc1ccccc1)N(Cc1ccccc1)C(=O)CCN1C(=O)c2ccccc2S1(=O)=O. The smallest absolute Gasteiger partial charge is 0.269 e. The van der Waals surface area contributed by atoms with Gasteiger partial charge in [-0.2, -0.15) is 0 Å². The molecule has 0 bridgehead atoms. The summed E-state index contributed by atoms with van der Waals surface area (Å²) in [7, 11) is -4.04. The van der Waals surface area contributed by atoms with Crippen LogP contribution >= 0.6 is 0 Å². The molecule has 9 heteroatoms. The molecule has 0 spiro atoms. The van der Waals surface area contributed by atoms with Crippen LogP contribution in [0.1, 0.15) is 34.8 Å². The van der Waals surface area contributed by atoms with E-state index in [1.54, 1.807) is 12.1 Å². The summed E-state index contributed by atoms with van der Waals surface area (Å²) in [5.74, 6) is -1.37. The number of hydrogen-bond donors (Lipinski definition) is 1. The molecule has 0 saturated carbocycles. The molecule has 0 aromatic heterocycles. The minimum absolute atomic E-state index is 0.0575. The van der Waals surface area contributed by atoms with E-state index in [0.29, 0.717) is 6.54 Å². The minimum Gasteiger partial charge on any atom is -0.355 e. The second kappa shape index (κ2) is 11.4. The Kier molecular flexibility index (Phi) is 8.03. The van der Waals surface area contributed by atoms with Crippen LogP contribution in [0.25, 0.3) is 0 Å². The van der Waals surface area contributed by atoms with Crippen LogP contribution in [0.5, 0.6) is 0 Å². The van der Waals surface area contributed by atoms with Gasteiger partial charge in [-0.1, -0.05) is 72.8 Å². The fourth-order valence-corrected chi connectivity index (χ4v) is 5.99. The number of nitrogens with zero attached hydrogens (tertiary/aromatic N) is 2. The minimum atomic E-state index is -4.04. The highest BCUT2D eigenvalue weighted by Gasteiger charge is 2.41. The van der Waals surface area contributed by atoms with E-state index in [-0.39, 0.29) is 42.3 Å². The maximum atomic E-state index is 13.6. The Morgan fingerprint density at radius 2 is 1.49 bits per heavy atom. The molecule has 0 saturated heterocycles. The van der Waals surface area contributed by atoms with Crippen LogP contribution in [0.4, 0.5) is 0 Å². The van der Waals surface area contributed by atoms with Crippen molar-refractivity contribution in [2.75, 3.05) is 13.1 Å². The number of carbonyl (C=O) groups excluding carboxylic acids is 3. The normalized spacial score (nSPS) is 14.6. The van der Waals surface area contributed by atoms with Crippen LogP contribution in [0.2, 0.25) is 0 Å². The van der Waals surface area contributed by atoms with Crippen molar-refractivity contribution in [2.45, 2.75) is 37.2 Å². The second-order valence-corrected chi connectivity index (χ2v) is 10.6. The molecule has 192 valence electrons. The Bertz CT molecular complexity index is 1380. The number of benzene rings is 3. The Balaban J connectivity index is 1.61. The van der Waals surface area contributed by atoms with Crippen LogP contribution in [-0.4, -0.2) is 54.5 Å². The summed E-state index contributed by atoms with van der Waals surface area (Å²) in [6.07, 6.45) is 0.0358. The molecule has 0 fully saturated rings. The number of rotatable bonds is 10. The van der Waals surface area contributed by atoms with E-state index >= 15 is 0 Å². The fraction of sp³-hybridized carbons (Fsp3) is 0.250. The highest BCUT2D eigenvalue weighted by Crippen LogP contribution is 2.30. The maximum Gasteiger partial charge on any atom is 0.269 e. The summed E-state index contributed by atoms with van der Waals surface area (Å²) in [5, 5.41) is 2.82. The lowest BCUT2D eigenvalue weighted by molar-refractivity contribution is -0.141. The molecule has 3 amide bonds. The molecule has 1 heterocycles. The van der Waals surface area contributed by atoms with Crippen molar-refractivity contribution in [3.63, 3.8) is 0 Å². The number of hydrogen-bond acceptors (Lipinski definition) is 5. The zero-order valence-corrected chi connectivity index (χ0v) is 21.4. The molecule has 0 radical (unpaired) electrons. The number of carbonyl (C=O) groups is 3. The largest absolute Gasteiger partial charge is 0.355 e. The van der Waals surface area contributed by atoms with Gasteiger partial charge in [-0.25, -0.2) is 12.7 Å². The molecule has 1 atom stereocenters. The third kappa shape index (κ3) is 5.72. The lowest BCUT2D eigenvalue weighted by Gasteiger charge is -2.32. The van der Waals surface area contributed by atoms with E-state index in [1.165, 1.54) is 17.0 Å². The third-order valence-corrected chi connectivity index (χ3v) is 8.10. The van der Waals surface area contributed by atoms with Crippen molar-refractivity contribution in [1.82, 2.24) is 14.5 Å².